The van der Waals surface area contributed by atoms with Crippen LogP contribution in [-0.4, -0.2) is 44.8 Å². The number of nitrogens with zero attached hydrogens (tertiary/aromatic N) is 2. The SMILES string of the molecule is Cl.O=S(=O)(c1ccc(Cl)cc1)c1[nH]nc2cccc(N3CCNCC3)c12. The van der Waals surface area contributed by atoms with Crippen molar-refractivity contribution in [2.24, 2.45) is 0 Å². The Morgan fingerprint density at radius 2 is 1.73 bits per heavy atom. The van der Waals surface area contributed by atoms with Crippen molar-refractivity contribution in [1.29, 1.82) is 0 Å². The first kappa shape index (κ1) is 19.0. The number of aromatic amines is 1. The summed E-state index contributed by atoms with van der Waals surface area (Å²) < 4.78 is 26.2. The Hall–Kier alpha value is -1.80. The molecule has 0 spiro atoms. The fraction of sp³-hybridized carbons (Fsp3) is 0.235. The number of aromatic nitrogens is 2. The normalized spacial score (nSPS) is 15.0. The van der Waals surface area contributed by atoms with E-state index in [9.17, 15) is 8.42 Å². The molecule has 0 saturated carbocycles. The highest BCUT2D eigenvalue weighted by atomic mass is 35.5. The number of benzene rings is 2. The molecule has 2 N–H and O–H groups in total. The van der Waals surface area contributed by atoms with Crippen molar-refractivity contribution in [2.45, 2.75) is 9.92 Å². The van der Waals surface area contributed by atoms with Gasteiger partial charge in [-0.25, -0.2) is 8.42 Å². The summed E-state index contributed by atoms with van der Waals surface area (Å²) in [5.41, 5.74) is 1.53. The molecule has 1 aliphatic heterocycles. The van der Waals surface area contributed by atoms with Crippen molar-refractivity contribution in [3.8, 4) is 0 Å². The molecule has 138 valence electrons. The van der Waals surface area contributed by atoms with Crippen LogP contribution in [-0.2, 0) is 9.84 Å². The lowest BCUT2D eigenvalue weighted by Gasteiger charge is -2.30. The zero-order valence-corrected chi connectivity index (χ0v) is 16.2. The minimum absolute atomic E-state index is 0. The first-order valence-corrected chi connectivity index (χ1v) is 9.87. The molecule has 1 aromatic heterocycles. The number of halogens is 2. The number of H-pyrrole nitrogens is 1. The molecule has 2 aromatic carbocycles. The van der Waals surface area contributed by atoms with Crippen LogP contribution >= 0.6 is 24.0 Å². The third-order valence-electron chi connectivity index (χ3n) is 4.38. The molecule has 1 saturated heterocycles. The maximum absolute atomic E-state index is 13.1. The summed E-state index contributed by atoms with van der Waals surface area (Å²) >= 11 is 5.88. The van der Waals surface area contributed by atoms with E-state index in [-0.39, 0.29) is 22.3 Å². The molecule has 0 atom stereocenters. The molecule has 0 radical (unpaired) electrons. The van der Waals surface area contributed by atoms with E-state index in [2.05, 4.69) is 20.4 Å². The molecule has 0 amide bonds. The van der Waals surface area contributed by atoms with E-state index in [4.69, 9.17) is 11.6 Å². The molecule has 26 heavy (non-hydrogen) atoms. The molecule has 9 heteroatoms. The lowest BCUT2D eigenvalue weighted by atomic mass is 10.2. The van der Waals surface area contributed by atoms with Gasteiger partial charge in [0.15, 0.2) is 5.03 Å². The maximum atomic E-state index is 13.1. The molecule has 4 rings (SSSR count). The van der Waals surface area contributed by atoms with Gasteiger partial charge in [-0.2, -0.15) is 5.10 Å². The Bertz CT molecular complexity index is 1010. The summed E-state index contributed by atoms with van der Waals surface area (Å²) in [6, 6.07) is 11.8. The summed E-state index contributed by atoms with van der Waals surface area (Å²) in [5.74, 6) is 0. The zero-order valence-electron chi connectivity index (χ0n) is 13.8. The van der Waals surface area contributed by atoms with E-state index in [1.165, 1.54) is 12.1 Å². The van der Waals surface area contributed by atoms with Crippen LogP contribution in [0, 0.1) is 0 Å². The predicted octanol–water partition coefficient (Wildman–Crippen LogP) is 2.88. The van der Waals surface area contributed by atoms with E-state index in [1.807, 2.05) is 18.2 Å². The Balaban J connectivity index is 0.00000196. The standard InChI is InChI=1S/C17H17ClN4O2S.ClH/c18-12-4-6-13(7-5-12)25(23,24)17-16-14(20-21-17)2-1-3-15(16)22-10-8-19-9-11-22;/h1-7,19H,8-11H2,(H,20,21);1H. The van der Waals surface area contributed by atoms with Gasteiger partial charge in [0.1, 0.15) is 0 Å². The molecule has 0 aliphatic carbocycles. The van der Waals surface area contributed by atoms with Gasteiger partial charge >= 0.3 is 0 Å². The van der Waals surface area contributed by atoms with Gasteiger partial charge in [-0.05, 0) is 36.4 Å². The highest BCUT2D eigenvalue weighted by Gasteiger charge is 2.26. The van der Waals surface area contributed by atoms with Crippen LogP contribution in [0.1, 0.15) is 0 Å². The van der Waals surface area contributed by atoms with Crippen molar-refractivity contribution < 1.29 is 8.42 Å². The molecule has 0 unspecified atom stereocenters. The van der Waals surface area contributed by atoms with Gasteiger partial charge in [-0.15, -0.1) is 12.4 Å². The van der Waals surface area contributed by atoms with Crippen molar-refractivity contribution in [2.75, 3.05) is 31.1 Å². The number of piperazine rings is 1. The van der Waals surface area contributed by atoms with Crippen LogP contribution in [0.25, 0.3) is 10.9 Å². The van der Waals surface area contributed by atoms with Crippen LogP contribution in [0.15, 0.2) is 52.4 Å². The maximum Gasteiger partial charge on any atom is 0.223 e. The van der Waals surface area contributed by atoms with Crippen molar-refractivity contribution >= 4 is 50.4 Å². The molecule has 6 nitrogen and oxygen atoms in total. The fourth-order valence-corrected chi connectivity index (χ4v) is 4.62. The van der Waals surface area contributed by atoms with Gasteiger partial charge in [0.05, 0.1) is 15.8 Å². The van der Waals surface area contributed by atoms with Gasteiger partial charge in [0.2, 0.25) is 9.84 Å². The molecule has 1 fully saturated rings. The third-order valence-corrected chi connectivity index (χ3v) is 6.35. The lowest BCUT2D eigenvalue weighted by Crippen LogP contribution is -2.43. The Morgan fingerprint density at radius 1 is 1.04 bits per heavy atom. The first-order chi connectivity index (χ1) is 12.1. The average Bonchev–Trinajstić information content (AvgIpc) is 3.08. The Kier molecular flexibility index (Phi) is 5.43. The summed E-state index contributed by atoms with van der Waals surface area (Å²) in [4.78, 5) is 2.38. The van der Waals surface area contributed by atoms with E-state index < -0.39 is 9.84 Å². The van der Waals surface area contributed by atoms with E-state index in [0.717, 1.165) is 31.9 Å². The first-order valence-electron chi connectivity index (χ1n) is 8.01. The van der Waals surface area contributed by atoms with Crippen LogP contribution in [0.3, 0.4) is 0 Å². The number of anilines is 1. The largest absolute Gasteiger partial charge is 0.368 e. The van der Waals surface area contributed by atoms with Crippen molar-refractivity contribution in [1.82, 2.24) is 15.5 Å². The number of sulfone groups is 1. The summed E-state index contributed by atoms with van der Waals surface area (Å²) in [7, 11) is -3.72. The molecular formula is C17H18Cl2N4O2S. The second kappa shape index (κ2) is 7.44. The van der Waals surface area contributed by atoms with E-state index >= 15 is 0 Å². The van der Waals surface area contributed by atoms with E-state index in [0.29, 0.717) is 15.9 Å². The topological polar surface area (TPSA) is 78.1 Å². The van der Waals surface area contributed by atoms with Crippen LogP contribution in [0.2, 0.25) is 5.02 Å². The lowest BCUT2D eigenvalue weighted by molar-refractivity contribution is 0.588. The van der Waals surface area contributed by atoms with Crippen LogP contribution in [0.5, 0.6) is 0 Å². The molecular weight excluding hydrogens is 395 g/mol. The summed E-state index contributed by atoms with van der Waals surface area (Å²) in [6.45, 7) is 3.39. The number of fused-ring (bicyclic) bond motifs is 1. The monoisotopic (exact) mass is 412 g/mol. The Labute approximate surface area is 162 Å². The molecule has 3 aromatic rings. The molecule has 2 heterocycles. The second-order valence-electron chi connectivity index (χ2n) is 5.92. The van der Waals surface area contributed by atoms with E-state index in [1.54, 1.807) is 12.1 Å². The Morgan fingerprint density at radius 3 is 2.42 bits per heavy atom. The van der Waals surface area contributed by atoms with Gasteiger partial charge in [0, 0.05) is 36.9 Å². The summed E-state index contributed by atoms with van der Waals surface area (Å²) in [5, 5.41) is 11.5. The minimum Gasteiger partial charge on any atom is -0.368 e. The molecule has 1 aliphatic rings. The van der Waals surface area contributed by atoms with Crippen molar-refractivity contribution in [3.63, 3.8) is 0 Å². The highest BCUT2D eigenvalue weighted by molar-refractivity contribution is 7.91. The summed E-state index contributed by atoms with van der Waals surface area (Å²) in [6.07, 6.45) is 0. The third kappa shape index (κ3) is 3.27. The predicted molar refractivity (Wildman–Crippen MR) is 105 cm³/mol. The smallest absolute Gasteiger partial charge is 0.223 e. The van der Waals surface area contributed by atoms with Gasteiger partial charge in [-0.1, -0.05) is 17.7 Å². The average molecular weight is 413 g/mol. The van der Waals surface area contributed by atoms with Gasteiger partial charge in [0.25, 0.3) is 0 Å². The van der Waals surface area contributed by atoms with Gasteiger partial charge < -0.3 is 10.2 Å². The van der Waals surface area contributed by atoms with Crippen LogP contribution in [0.4, 0.5) is 5.69 Å². The number of nitrogens with one attached hydrogen (secondary N) is 2. The zero-order chi connectivity index (χ0) is 17.4. The number of hydrogen-bond donors (Lipinski definition) is 2. The van der Waals surface area contributed by atoms with Crippen LogP contribution < -0.4 is 10.2 Å². The van der Waals surface area contributed by atoms with Crippen molar-refractivity contribution in [3.05, 3.63) is 47.5 Å². The number of hydrogen-bond acceptors (Lipinski definition) is 5. The molecule has 0 bridgehead atoms. The second-order valence-corrected chi connectivity index (χ2v) is 8.24. The minimum atomic E-state index is -3.72. The quantitative estimate of drug-likeness (QED) is 0.691. The fourth-order valence-electron chi connectivity index (χ4n) is 3.12. The highest BCUT2D eigenvalue weighted by Crippen LogP contribution is 2.34. The number of rotatable bonds is 3. The van der Waals surface area contributed by atoms with Gasteiger partial charge in [-0.3, -0.25) is 5.10 Å².